The van der Waals surface area contributed by atoms with Gasteiger partial charge in [-0.05, 0) is 23.3 Å². The van der Waals surface area contributed by atoms with E-state index in [4.69, 9.17) is 16.6 Å². The predicted molar refractivity (Wildman–Crippen MR) is 116 cm³/mol. The molecule has 6 heteroatoms. The summed E-state index contributed by atoms with van der Waals surface area (Å²) in [5.41, 5.74) is 14.3. The molecule has 0 amide bonds. The largest absolute Gasteiger partial charge is 0.382 e. The Hall–Kier alpha value is -3.48. The minimum Gasteiger partial charge on any atom is -0.382 e. The van der Waals surface area contributed by atoms with Gasteiger partial charge in [-0.25, -0.2) is 16.4 Å². The standard InChI is InChI=1S/C22H19N5S/c23-21(26-27-24)19-11-5-9-17(13-19)16-8-4-10-18(12-16)20-14-28-22(25-20)15-6-2-1-3-7-15/h1-14,27H,24H2,(H2,23,26). The summed E-state index contributed by atoms with van der Waals surface area (Å²) in [6, 6.07) is 26.4. The van der Waals surface area contributed by atoms with Crippen LogP contribution in [-0.2, 0) is 0 Å². The summed E-state index contributed by atoms with van der Waals surface area (Å²) >= 11 is 1.65. The number of benzene rings is 3. The van der Waals surface area contributed by atoms with Crippen molar-refractivity contribution < 1.29 is 0 Å². The quantitative estimate of drug-likeness (QED) is 0.208. The second kappa shape index (κ2) is 8.04. The predicted octanol–water partition coefficient (Wildman–Crippen LogP) is 4.23. The molecule has 0 aliphatic heterocycles. The number of hydrazone groups is 1. The molecule has 0 atom stereocenters. The van der Waals surface area contributed by atoms with E-state index in [9.17, 15) is 0 Å². The van der Waals surface area contributed by atoms with Crippen LogP contribution < -0.4 is 17.1 Å². The zero-order valence-electron chi connectivity index (χ0n) is 15.0. The number of thiazole rings is 1. The second-order valence-electron chi connectivity index (χ2n) is 6.19. The van der Waals surface area contributed by atoms with E-state index in [1.807, 2.05) is 48.5 Å². The summed E-state index contributed by atoms with van der Waals surface area (Å²) in [6.07, 6.45) is 0. The molecule has 0 aliphatic carbocycles. The first kappa shape index (κ1) is 17.9. The van der Waals surface area contributed by atoms with Crippen molar-refractivity contribution in [1.29, 1.82) is 0 Å². The Bertz CT molecular complexity index is 1120. The van der Waals surface area contributed by atoms with Crippen molar-refractivity contribution in [2.45, 2.75) is 0 Å². The summed E-state index contributed by atoms with van der Waals surface area (Å²) in [5.74, 6) is 5.56. The molecule has 0 unspecified atom stereocenters. The first-order valence-corrected chi connectivity index (χ1v) is 9.63. The average molecular weight is 385 g/mol. The number of nitrogens with zero attached hydrogens (tertiary/aromatic N) is 2. The molecule has 1 aromatic heterocycles. The number of rotatable bonds is 5. The third-order valence-corrected chi connectivity index (χ3v) is 5.25. The molecule has 3 aromatic carbocycles. The lowest BCUT2D eigenvalue weighted by atomic mass is 10.00. The van der Waals surface area contributed by atoms with Crippen molar-refractivity contribution in [3.05, 3.63) is 89.8 Å². The maximum atomic E-state index is 5.93. The van der Waals surface area contributed by atoms with Gasteiger partial charge in [0.1, 0.15) is 5.01 Å². The van der Waals surface area contributed by atoms with Crippen molar-refractivity contribution >= 4 is 17.2 Å². The number of hydrazine groups is 1. The van der Waals surface area contributed by atoms with Crippen LogP contribution in [0.25, 0.3) is 33.0 Å². The fraction of sp³-hybridized carbons (Fsp3) is 0. The molecule has 0 saturated carbocycles. The summed E-state index contributed by atoms with van der Waals surface area (Å²) in [5, 5.41) is 6.95. The fourth-order valence-electron chi connectivity index (χ4n) is 2.97. The van der Waals surface area contributed by atoms with Gasteiger partial charge in [0.15, 0.2) is 5.84 Å². The van der Waals surface area contributed by atoms with Gasteiger partial charge >= 0.3 is 0 Å². The van der Waals surface area contributed by atoms with Crippen LogP contribution in [0.15, 0.2) is 89.3 Å². The number of nitrogens with one attached hydrogen (secondary N) is 1. The Labute approximate surface area is 167 Å². The molecule has 0 aliphatic rings. The maximum absolute atomic E-state index is 5.93. The van der Waals surface area contributed by atoms with Crippen molar-refractivity contribution in [1.82, 2.24) is 10.5 Å². The molecule has 0 spiro atoms. The van der Waals surface area contributed by atoms with Crippen LogP contribution in [0.5, 0.6) is 0 Å². The Morgan fingerprint density at radius 2 is 1.50 bits per heavy atom. The SMILES string of the molecule is NN/N=C(\N)c1cccc(-c2cccc(-c3csc(-c4ccccc4)n3)c2)c1. The molecule has 0 bridgehead atoms. The number of hydrogen-bond donors (Lipinski definition) is 3. The Balaban J connectivity index is 1.67. The summed E-state index contributed by atoms with van der Waals surface area (Å²) in [4.78, 5) is 4.81. The van der Waals surface area contributed by atoms with Crippen LogP contribution >= 0.6 is 11.3 Å². The van der Waals surface area contributed by atoms with E-state index < -0.39 is 0 Å². The van der Waals surface area contributed by atoms with Crippen LogP contribution in [0.2, 0.25) is 0 Å². The molecule has 0 saturated heterocycles. The van der Waals surface area contributed by atoms with Crippen LogP contribution in [0.3, 0.4) is 0 Å². The van der Waals surface area contributed by atoms with E-state index in [1.165, 1.54) is 0 Å². The van der Waals surface area contributed by atoms with Crippen molar-refractivity contribution in [2.75, 3.05) is 0 Å². The minimum atomic E-state index is 0.340. The van der Waals surface area contributed by atoms with Gasteiger partial charge in [0, 0.05) is 22.1 Å². The Kier molecular flexibility index (Phi) is 5.14. The van der Waals surface area contributed by atoms with Gasteiger partial charge < -0.3 is 5.73 Å². The second-order valence-corrected chi connectivity index (χ2v) is 7.05. The van der Waals surface area contributed by atoms with E-state index in [-0.39, 0.29) is 0 Å². The van der Waals surface area contributed by atoms with E-state index in [0.29, 0.717) is 5.84 Å². The monoisotopic (exact) mass is 385 g/mol. The molecular weight excluding hydrogens is 366 g/mol. The molecule has 138 valence electrons. The topological polar surface area (TPSA) is 89.3 Å². The van der Waals surface area contributed by atoms with Crippen molar-refractivity contribution in [3.63, 3.8) is 0 Å². The van der Waals surface area contributed by atoms with Gasteiger partial charge in [0.25, 0.3) is 0 Å². The van der Waals surface area contributed by atoms with Gasteiger partial charge in [0.2, 0.25) is 0 Å². The van der Waals surface area contributed by atoms with E-state index >= 15 is 0 Å². The maximum Gasteiger partial charge on any atom is 0.152 e. The van der Waals surface area contributed by atoms with Gasteiger partial charge in [0.05, 0.1) is 5.69 Å². The molecular formula is C22H19N5S. The Morgan fingerprint density at radius 3 is 2.29 bits per heavy atom. The highest BCUT2D eigenvalue weighted by molar-refractivity contribution is 7.13. The Morgan fingerprint density at radius 1 is 0.821 bits per heavy atom. The smallest absolute Gasteiger partial charge is 0.152 e. The van der Waals surface area contributed by atoms with Gasteiger partial charge in [-0.1, -0.05) is 66.7 Å². The summed E-state index contributed by atoms with van der Waals surface area (Å²) < 4.78 is 0. The number of aromatic nitrogens is 1. The molecule has 5 nitrogen and oxygen atoms in total. The van der Waals surface area contributed by atoms with E-state index in [1.54, 1.807) is 11.3 Å². The number of amidine groups is 1. The third-order valence-electron chi connectivity index (χ3n) is 4.36. The fourth-order valence-corrected chi connectivity index (χ4v) is 3.81. The highest BCUT2D eigenvalue weighted by Gasteiger charge is 2.08. The van der Waals surface area contributed by atoms with Crippen molar-refractivity contribution in [2.24, 2.45) is 16.7 Å². The third kappa shape index (κ3) is 3.78. The summed E-state index contributed by atoms with van der Waals surface area (Å²) in [7, 11) is 0. The van der Waals surface area contributed by atoms with Crippen LogP contribution in [-0.4, -0.2) is 10.8 Å². The number of nitrogens with two attached hydrogens (primary N) is 2. The van der Waals surface area contributed by atoms with Gasteiger partial charge in [-0.3, -0.25) is 0 Å². The van der Waals surface area contributed by atoms with Crippen LogP contribution in [0.4, 0.5) is 0 Å². The average Bonchev–Trinajstić information content (AvgIpc) is 3.25. The van der Waals surface area contributed by atoms with Crippen molar-refractivity contribution in [3.8, 4) is 33.0 Å². The molecule has 5 N–H and O–H groups in total. The van der Waals surface area contributed by atoms with Crippen LogP contribution in [0.1, 0.15) is 5.56 Å². The summed E-state index contributed by atoms with van der Waals surface area (Å²) in [6.45, 7) is 0. The molecule has 4 rings (SSSR count). The molecule has 0 radical (unpaired) electrons. The first-order valence-electron chi connectivity index (χ1n) is 8.75. The highest BCUT2D eigenvalue weighted by Crippen LogP contribution is 2.31. The first-order chi connectivity index (χ1) is 13.7. The molecule has 0 fully saturated rings. The lowest BCUT2D eigenvalue weighted by Crippen LogP contribution is -2.22. The van der Waals surface area contributed by atoms with E-state index in [0.717, 1.165) is 38.5 Å². The van der Waals surface area contributed by atoms with Gasteiger partial charge in [-0.15, -0.1) is 16.4 Å². The highest BCUT2D eigenvalue weighted by atomic mass is 32.1. The van der Waals surface area contributed by atoms with Crippen LogP contribution in [0, 0.1) is 0 Å². The van der Waals surface area contributed by atoms with Gasteiger partial charge in [-0.2, -0.15) is 0 Å². The lowest BCUT2D eigenvalue weighted by molar-refractivity contribution is 0.804. The van der Waals surface area contributed by atoms with E-state index in [2.05, 4.69) is 46.3 Å². The lowest BCUT2D eigenvalue weighted by Gasteiger charge is -2.07. The normalized spacial score (nSPS) is 11.4. The molecule has 4 aromatic rings. The molecule has 28 heavy (non-hydrogen) atoms. The zero-order valence-corrected chi connectivity index (χ0v) is 15.9. The number of hydrogen-bond acceptors (Lipinski definition) is 5. The zero-order chi connectivity index (χ0) is 19.3. The molecule has 1 heterocycles. The minimum absolute atomic E-state index is 0.340.